The number of alkyl halides is 3. The number of aliphatic hydroxyl groups is 1. The molecule has 3 unspecified atom stereocenters. The Bertz CT molecular complexity index is 286. The standard InChI is InChI=1S/C14H27F3N2O/c1-13(10-18,7-4-8-14(15,16)17)19-12-6-3-2-5-11(12)9-20/h11-12,19-20H,2-10,18H2,1H3. The van der Waals surface area contributed by atoms with Crippen molar-refractivity contribution in [3.8, 4) is 0 Å². The number of nitrogens with two attached hydrogens (primary N) is 1. The van der Waals surface area contributed by atoms with Gasteiger partial charge in [-0.15, -0.1) is 0 Å². The molecule has 0 aliphatic heterocycles. The first kappa shape index (κ1) is 17.7. The fraction of sp³-hybridized carbons (Fsp3) is 1.00. The van der Waals surface area contributed by atoms with Gasteiger partial charge in [0.2, 0.25) is 0 Å². The molecule has 0 aromatic heterocycles. The van der Waals surface area contributed by atoms with Crippen molar-refractivity contribution in [3.05, 3.63) is 0 Å². The van der Waals surface area contributed by atoms with Crippen LogP contribution in [-0.4, -0.2) is 36.0 Å². The quantitative estimate of drug-likeness (QED) is 0.677. The van der Waals surface area contributed by atoms with Crippen molar-refractivity contribution in [1.29, 1.82) is 0 Å². The summed E-state index contributed by atoms with van der Waals surface area (Å²) < 4.78 is 36.7. The zero-order valence-electron chi connectivity index (χ0n) is 12.2. The van der Waals surface area contributed by atoms with Gasteiger partial charge in [-0.25, -0.2) is 0 Å². The molecule has 4 N–H and O–H groups in total. The van der Waals surface area contributed by atoms with E-state index in [0.29, 0.717) is 13.0 Å². The van der Waals surface area contributed by atoms with E-state index < -0.39 is 18.1 Å². The molecular weight excluding hydrogens is 269 g/mol. The molecule has 3 atom stereocenters. The summed E-state index contributed by atoms with van der Waals surface area (Å²) in [6, 6.07) is 0.160. The largest absolute Gasteiger partial charge is 0.396 e. The van der Waals surface area contributed by atoms with Crippen LogP contribution < -0.4 is 11.1 Å². The van der Waals surface area contributed by atoms with Gasteiger partial charge in [-0.2, -0.15) is 13.2 Å². The summed E-state index contributed by atoms with van der Waals surface area (Å²) in [6.07, 6.45) is -0.254. The van der Waals surface area contributed by atoms with Crippen molar-refractivity contribution >= 4 is 0 Å². The molecule has 3 nitrogen and oxygen atoms in total. The minimum Gasteiger partial charge on any atom is -0.396 e. The van der Waals surface area contributed by atoms with Crippen LogP contribution in [0.2, 0.25) is 0 Å². The first-order valence-electron chi connectivity index (χ1n) is 7.45. The predicted molar refractivity (Wildman–Crippen MR) is 73.3 cm³/mol. The Morgan fingerprint density at radius 3 is 2.40 bits per heavy atom. The fourth-order valence-electron chi connectivity index (χ4n) is 2.98. The molecular formula is C14H27F3N2O. The van der Waals surface area contributed by atoms with E-state index in [-0.39, 0.29) is 25.0 Å². The zero-order chi connectivity index (χ0) is 15.2. The third kappa shape index (κ3) is 5.97. The first-order chi connectivity index (χ1) is 9.29. The maximum absolute atomic E-state index is 12.2. The van der Waals surface area contributed by atoms with Crippen LogP contribution >= 0.6 is 0 Å². The number of hydrogen-bond donors (Lipinski definition) is 3. The topological polar surface area (TPSA) is 58.3 Å². The summed E-state index contributed by atoms with van der Waals surface area (Å²) >= 11 is 0. The molecule has 1 rings (SSSR count). The van der Waals surface area contributed by atoms with Gasteiger partial charge in [0.15, 0.2) is 0 Å². The molecule has 0 saturated heterocycles. The van der Waals surface area contributed by atoms with Gasteiger partial charge < -0.3 is 16.2 Å². The minimum absolute atomic E-state index is 0.0840. The summed E-state index contributed by atoms with van der Waals surface area (Å²) in [4.78, 5) is 0. The maximum Gasteiger partial charge on any atom is 0.389 e. The molecule has 1 fully saturated rings. The van der Waals surface area contributed by atoms with E-state index in [2.05, 4.69) is 5.32 Å². The van der Waals surface area contributed by atoms with Gasteiger partial charge in [-0.3, -0.25) is 0 Å². The Kier molecular flexibility index (Phi) is 6.75. The van der Waals surface area contributed by atoms with E-state index in [1.807, 2.05) is 6.92 Å². The van der Waals surface area contributed by atoms with Crippen LogP contribution in [0.25, 0.3) is 0 Å². The Hall–Kier alpha value is -0.330. The van der Waals surface area contributed by atoms with E-state index in [1.165, 1.54) is 0 Å². The molecule has 20 heavy (non-hydrogen) atoms. The number of halogens is 3. The highest BCUT2D eigenvalue weighted by Crippen LogP contribution is 2.28. The summed E-state index contributed by atoms with van der Waals surface area (Å²) in [6.45, 7) is 2.31. The Morgan fingerprint density at radius 1 is 1.20 bits per heavy atom. The SMILES string of the molecule is CC(CN)(CCCC(F)(F)F)NC1CCCCC1CO. The molecule has 0 aromatic rings. The molecule has 1 aliphatic rings. The van der Waals surface area contributed by atoms with E-state index in [9.17, 15) is 18.3 Å². The second kappa shape index (κ2) is 7.61. The van der Waals surface area contributed by atoms with Crippen LogP contribution in [0.1, 0.15) is 51.9 Å². The number of hydrogen-bond acceptors (Lipinski definition) is 3. The molecule has 0 radical (unpaired) electrons. The number of aliphatic hydroxyl groups excluding tert-OH is 1. The fourth-order valence-corrected chi connectivity index (χ4v) is 2.98. The highest BCUT2D eigenvalue weighted by atomic mass is 19.4. The number of rotatable bonds is 7. The van der Waals surface area contributed by atoms with Crippen molar-refractivity contribution in [2.75, 3.05) is 13.2 Å². The van der Waals surface area contributed by atoms with Crippen LogP contribution in [-0.2, 0) is 0 Å². The van der Waals surface area contributed by atoms with Crippen LogP contribution in [0.4, 0.5) is 13.2 Å². The molecule has 0 aromatic carbocycles. The first-order valence-corrected chi connectivity index (χ1v) is 7.45. The van der Waals surface area contributed by atoms with E-state index >= 15 is 0 Å². The van der Waals surface area contributed by atoms with Crippen molar-refractivity contribution in [2.24, 2.45) is 11.7 Å². The van der Waals surface area contributed by atoms with Crippen molar-refractivity contribution in [2.45, 2.75) is 69.6 Å². The summed E-state index contributed by atoms with van der Waals surface area (Å²) in [7, 11) is 0. The minimum atomic E-state index is -4.10. The normalized spacial score (nSPS) is 27.3. The highest BCUT2D eigenvalue weighted by molar-refractivity contribution is 4.91. The zero-order valence-corrected chi connectivity index (χ0v) is 12.2. The van der Waals surface area contributed by atoms with Gasteiger partial charge in [0.25, 0.3) is 0 Å². The van der Waals surface area contributed by atoms with Crippen LogP contribution in [0.15, 0.2) is 0 Å². The Morgan fingerprint density at radius 2 is 1.85 bits per heavy atom. The summed E-state index contributed by atoms with van der Waals surface area (Å²) in [5.41, 5.74) is 5.27. The lowest BCUT2D eigenvalue weighted by Gasteiger charge is -2.39. The van der Waals surface area contributed by atoms with Crippen molar-refractivity contribution < 1.29 is 18.3 Å². The smallest absolute Gasteiger partial charge is 0.389 e. The van der Waals surface area contributed by atoms with Crippen molar-refractivity contribution in [1.82, 2.24) is 5.32 Å². The van der Waals surface area contributed by atoms with E-state index in [4.69, 9.17) is 5.73 Å². The van der Waals surface area contributed by atoms with Crippen LogP contribution in [0.3, 0.4) is 0 Å². The van der Waals surface area contributed by atoms with Gasteiger partial charge in [0.1, 0.15) is 0 Å². The van der Waals surface area contributed by atoms with Gasteiger partial charge in [-0.05, 0) is 38.5 Å². The summed E-state index contributed by atoms with van der Waals surface area (Å²) in [5.74, 6) is 0.192. The van der Waals surface area contributed by atoms with Gasteiger partial charge in [0, 0.05) is 31.2 Å². The molecule has 6 heteroatoms. The third-order valence-corrected chi connectivity index (χ3v) is 4.32. The second-order valence-corrected chi connectivity index (χ2v) is 6.21. The van der Waals surface area contributed by atoms with E-state index in [1.54, 1.807) is 0 Å². The molecule has 1 saturated carbocycles. The molecule has 0 spiro atoms. The van der Waals surface area contributed by atoms with E-state index in [0.717, 1.165) is 25.7 Å². The average Bonchev–Trinajstić information content (AvgIpc) is 2.38. The van der Waals surface area contributed by atoms with Gasteiger partial charge in [0.05, 0.1) is 0 Å². The van der Waals surface area contributed by atoms with Crippen LogP contribution in [0, 0.1) is 5.92 Å². The molecule has 0 bridgehead atoms. The number of nitrogens with one attached hydrogen (secondary N) is 1. The van der Waals surface area contributed by atoms with Gasteiger partial charge >= 0.3 is 6.18 Å². The summed E-state index contributed by atoms with van der Waals surface area (Å²) in [5, 5.41) is 12.8. The maximum atomic E-state index is 12.2. The lowest BCUT2D eigenvalue weighted by molar-refractivity contribution is -0.136. The molecule has 120 valence electrons. The molecule has 0 heterocycles. The Labute approximate surface area is 119 Å². The average molecular weight is 296 g/mol. The molecule has 1 aliphatic carbocycles. The monoisotopic (exact) mass is 296 g/mol. The highest BCUT2D eigenvalue weighted by Gasteiger charge is 2.33. The Balaban J connectivity index is 2.50. The lowest BCUT2D eigenvalue weighted by Crippen LogP contribution is -2.56. The lowest BCUT2D eigenvalue weighted by atomic mass is 9.82. The molecule has 0 amide bonds. The predicted octanol–water partition coefficient (Wildman–Crippen LogP) is 2.58. The third-order valence-electron chi connectivity index (χ3n) is 4.32. The van der Waals surface area contributed by atoms with Crippen LogP contribution in [0.5, 0.6) is 0 Å². The van der Waals surface area contributed by atoms with Crippen molar-refractivity contribution in [3.63, 3.8) is 0 Å². The second-order valence-electron chi connectivity index (χ2n) is 6.21. The van der Waals surface area contributed by atoms with Gasteiger partial charge in [-0.1, -0.05) is 12.8 Å².